The van der Waals surface area contributed by atoms with Crippen molar-refractivity contribution in [1.82, 2.24) is 19.6 Å². The van der Waals surface area contributed by atoms with Crippen molar-refractivity contribution in [3.8, 4) is 0 Å². The van der Waals surface area contributed by atoms with Gasteiger partial charge in [0.15, 0.2) is 0 Å². The van der Waals surface area contributed by atoms with Crippen LogP contribution in [0.2, 0.25) is 0 Å². The lowest BCUT2D eigenvalue weighted by atomic mass is 10.0. The first-order chi connectivity index (χ1) is 12.4. The molecule has 136 valence electrons. The Kier molecular flexibility index (Phi) is 4.14. The van der Waals surface area contributed by atoms with E-state index in [1.54, 1.807) is 18.5 Å². The Balaban J connectivity index is 1.78. The van der Waals surface area contributed by atoms with Gasteiger partial charge in [-0.25, -0.2) is 14.0 Å². The van der Waals surface area contributed by atoms with E-state index in [0.29, 0.717) is 17.1 Å². The summed E-state index contributed by atoms with van der Waals surface area (Å²) in [5.74, 6) is 1.70. The van der Waals surface area contributed by atoms with Crippen LogP contribution in [0.15, 0.2) is 35.5 Å². The molecule has 2 aromatic heterocycles. The molecule has 0 unspecified atom stereocenters. The van der Waals surface area contributed by atoms with Crippen LogP contribution < -0.4 is 4.90 Å². The highest BCUT2D eigenvalue weighted by Gasteiger charge is 2.22. The highest BCUT2D eigenvalue weighted by molar-refractivity contribution is 7.91. The van der Waals surface area contributed by atoms with Crippen LogP contribution in [0, 0.1) is 11.7 Å². The predicted molar refractivity (Wildman–Crippen MR) is 101 cm³/mol. The number of hydrogen-bond acceptors (Lipinski definition) is 6. The van der Waals surface area contributed by atoms with Gasteiger partial charge in [0.1, 0.15) is 12.1 Å². The van der Waals surface area contributed by atoms with E-state index in [4.69, 9.17) is 4.78 Å². The maximum absolute atomic E-state index is 11.9. The van der Waals surface area contributed by atoms with Gasteiger partial charge in [-0.1, -0.05) is 12.1 Å². The highest BCUT2D eigenvalue weighted by Crippen LogP contribution is 2.29. The first-order valence-electron chi connectivity index (χ1n) is 8.70. The zero-order chi connectivity index (χ0) is 18.3. The van der Waals surface area contributed by atoms with E-state index in [1.807, 2.05) is 23.6 Å². The van der Waals surface area contributed by atoms with Gasteiger partial charge >= 0.3 is 0 Å². The largest absolute Gasteiger partial charge is 0.356 e. The second kappa shape index (κ2) is 6.35. The SMILES string of the molecule is Cc1nc2ncnn2c(N2CCCC2)c1Cc1ccc([S@@](C)(=N)=O)cc1. The molecule has 3 aromatic rings. The number of hydrogen-bond donors (Lipinski definition) is 1. The van der Waals surface area contributed by atoms with Gasteiger partial charge in [0, 0.05) is 41.9 Å². The summed E-state index contributed by atoms with van der Waals surface area (Å²) in [6.45, 7) is 4.04. The van der Waals surface area contributed by atoms with E-state index in [-0.39, 0.29) is 0 Å². The fourth-order valence-electron chi connectivity index (χ4n) is 3.50. The predicted octanol–water partition coefficient (Wildman–Crippen LogP) is 2.66. The van der Waals surface area contributed by atoms with Gasteiger partial charge in [-0.05, 0) is 37.5 Å². The van der Waals surface area contributed by atoms with E-state index < -0.39 is 9.73 Å². The molecule has 26 heavy (non-hydrogen) atoms. The van der Waals surface area contributed by atoms with Crippen molar-refractivity contribution in [3.05, 3.63) is 47.4 Å². The van der Waals surface area contributed by atoms with Gasteiger partial charge in [0.2, 0.25) is 0 Å². The summed E-state index contributed by atoms with van der Waals surface area (Å²) < 4.78 is 21.4. The Hall–Kier alpha value is -2.48. The van der Waals surface area contributed by atoms with E-state index in [2.05, 4.69) is 20.0 Å². The van der Waals surface area contributed by atoms with Crippen molar-refractivity contribution < 1.29 is 4.21 Å². The molecule has 1 atom stereocenters. The Morgan fingerprint density at radius 2 is 1.88 bits per heavy atom. The maximum atomic E-state index is 11.9. The molecular weight excluding hydrogens is 348 g/mol. The molecule has 0 amide bonds. The van der Waals surface area contributed by atoms with Crippen LogP contribution in [0.25, 0.3) is 5.78 Å². The Labute approximate surface area is 153 Å². The topological polar surface area (TPSA) is 87.2 Å². The summed E-state index contributed by atoms with van der Waals surface area (Å²) in [6, 6.07) is 7.48. The average molecular weight is 370 g/mol. The fraction of sp³-hybridized carbons (Fsp3) is 0.389. The Morgan fingerprint density at radius 3 is 2.54 bits per heavy atom. The number of anilines is 1. The first-order valence-corrected chi connectivity index (χ1v) is 10.7. The molecule has 1 aromatic carbocycles. The van der Waals surface area contributed by atoms with Gasteiger partial charge in [0.25, 0.3) is 5.78 Å². The number of fused-ring (bicyclic) bond motifs is 1. The van der Waals surface area contributed by atoms with E-state index >= 15 is 0 Å². The third-order valence-corrected chi connectivity index (χ3v) is 6.04. The van der Waals surface area contributed by atoms with E-state index in [9.17, 15) is 4.21 Å². The Bertz CT molecular complexity index is 1050. The third-order valence-electron chi connectivity index (χ3n) is 4.86. The molecule has 7 nitrogen and oxygen atoms in total. The second-order valence-corrected chi connectivity index (χ2v) is 8.99. The molecule has 0 bridgehead atoms. The lowest BCUT2D eigenvalue weighted by molar-refractivity contribution is 0.679. The number of nitrogens with one attached hydrogen (secondary N) is 1. The molecule has 8 heteroatoms. The molecule has 0 aliphatic carbocycles. The molecule has 1 saturated heterocycles. The Morgan fingerprint density at radius 1 is 1.19 bits per heavy atom. The molecule has 1 N–H and O–H groups in total. The highest BCUT2D eigenvalue weighted by atomic mass is 32.2. The zero-order valence-corrected chi connectivity index (χ0v) is 15.8. The van der Waals surface area contributed by atoms with Crippen LogP contribution in [0.4, 0.5) is 5.82 Å². The van der Waals surface area contributed by atoms with Crippen LogP contribution in [-0.4, -0.2) is 43.1 Å². The smallest absolute Gasteiger partial charge is 0.254 e. The van der Waals surface area contributed by atoms with Crippen molar-refractivity contribution in [2.75, 3.05) is 24.2 Å². The van der Waals surface area contributed by atoms with Gasteiger partial charge in [-0.15, -0.1) is 0 Å². The van der Waals surface area contributed by atoms with E-state index in [1.165, 1.54) is 19.1 Å². The fourth-order valence-corrected chi connectivity index (χ4v) is 4.16. The molecule has 3 heterocycles. The van der Waals surface area contributed by atoms with Gasteiger partial charge in [-0.2, -0.15) is 14.6 Å². The average Bonchev–Trinajstić information content (AvgIpc) is 3.26. The van der Waals surface area contributed by atoms with Crippen LogP contribution in [0.1, 0.15) is 29.7 Å². The maximum Gasteiger partial charge on any atom is 0.254 e. The third kappa shape index (κ3) is 3.05. The molecule has 1 aliphatic heterocycles. The molecule has 4 rings (SSSR count). The van der Waals surface area contributed by atoms with Gasteiger partial charge in [0.05, 0.1) is 9.73 Å². The number of benzene rings is 1. The summed E-state index contributed by atoms with van der Waals surface area (Å²) in [7, 11) is -2.69. The zero-order valence-electron chi connectivity index (χ0n) is 15.0. The van der Waals surface area contributed by atoms with Crippen LogP contribution in [0.5, 0.6) is 0 Å². The minimum Gasteiger partial charge on any atom is -0.356 e. The molecule has 1 aliphatic rings. The number of aromatic nitrogens is 4. The van der Waals surface area contributed by atoms with Gasteiger partial charge in [-0.3, -0.25) is 0 Å². The van der Waals surface area contributed by atoms with Crippen molar-refractivity contribution in [2.45, 2.75) is 31.1 Å². The number of nitrogens with zero attached hydrogens (tertiary/aromatic N) is 5. The standard InChI is InChI=1S/C18H22N6OS/c1-13-16(11-14-5-7-15(8-6-14)26(2,19)25)17(23-9-3-4-10-23)24-18(22-13)20-12-21-24/h5-8,12,19H,3-4,9-11H2,1-2H3/t26-/m0/s1. The van der Waals surface area contributed by atoms with Crippen LogP contribution >= 0.6 is 0 Å². The summed E-state index contributed by atoms with van der Waals surface area (Å²) in [6.07, 6.45) is 6.07. The van der Waals surface area contributed by atoms with E-state index in [0.717, 1.165) is 35.7 Å². The van der Waals surface area contributed by atoms with Gasteiger partial charge < -0.3 is 4.90 Å². The molecule has 0 radical (unpaired) electrons. The van der Waals surface area contributed by atoms with Crippen LogP contribution in [0.3, 0.4) is 0 Å². The molecule has 0 saturated carbocycles. The monoisotopic (exact) mass is 370 g/mol. The molecular formula is C18H22N6OS. The number of aryl methyl sites for hydroxylation is 1. The summed E-state index contributed by atoms with van der Waals surface area (Å²) >= 11 is 0. The van der Waals surface area contributed by atoms with Crippen LogP contribution in [-0.2, 0) is 16.1 Å². The minimum atomic E-state index is -2.69. The van der Waals surface area contributed by atoms with Crippen molar-refractivity contribution >= 4 is 21.3 Å². The molecule has 1 fully saturated rings. The van der Waals surface area contributed by atoms with Crippen molar-refractivity contribution in [1.29, 1.82) is 4.78 Å². The second-order valence-electron chi connectivity index (χ2n) is 6.83. The lowest BCUT2D eigenvalue weighted by Crippen LogP contribution is -2.24. The van der Waals surface area contributed by atoms with Crippen molar-refractivity contribution in [3.63, 3.8) is 0 Å². The number of rotatable bonds is 4. The quantitative estimate of drug-likeness (QED) is 0.763. The summed E-state index contributed by atoms with van der Waals surface area (Å²) in [5, 5.41) is 4.39. The normalized spacial score (nSPS) is 16.9. The first kappa shape index (κ1) is 17.0. The minimum absolute atomic E-state index is 0.558. The summed E-state index contributed by atoms with van der Waals surface area (Å²) in [5.41, 5.74) is 3.19. The summed E-state index contributed by atoms with van der Waals surface area (Å²) in [4.78, 5) is 11.8. The lowest BCUT2D eigenvalue weighted by Gasteiger charge is -2.23. The van der Waals surface area contributed by atoms with Crippen molar-refractivity contribution in [2.24, 2.45) is 0 Å². The molecule has 0 spiro atoms.